The maximum atomic E-state index is 13.4. The molecule has 1 amide bonds. The van der Waals surface area contributed by atoms with Crippen LogP contribution in [0, 0.1) is 0 Å². The third-order valence-corrected chi connectivity index (χ3v) is 8.76. The maximum absolute atomic E-state index is 13.4. The molecule has 37 heavy (non-hydrogen) atoms. The largest absolute Gasteiger partial charge is 0.491 e. The highest BCUT2D eigenvalue weighted by molar-refractivity contribution is 7.89. The first kappa shape index (κ1) is 29.3. The summed E-state index contributed by atoms with van der Waals surface area (Å²) in [6, 6.07) is 5.20. The summed E-state index contributed by atoms with van der Waals surface area (Å²) in [5.74, 6) is 0.726. The van der Waals surface area contributed by atoms with Crippen molar-refractivity contribution in [3.63, 3.8) is 0 Å². The Labute approximate surface area is 224 Å². The van der Waals surface area contributed by atoms with Crippen LogP contribution in [0.3, 0.4) is 0 Å². The first-order valence-electron chi connectivity index (χ1n) is 12.6. The normalized spacial score (nSPS) is 18.6. The predicted molar refractivity (Wildman–Crippen MR) is 145 cm³/mol. The van der Waals surface area contributed by atoms with Crippen molar-refractivity contribution in [2.45, 2.75) is 88.8 Å². The molecular weight excluding hydrogens is 514 g/mol. The van der Waals surface area contributed by atoms with E-state index in [0.29, 0.717) is 24.5 Å². The van der Waals surface area contributed by atoms with Crippen molar-refractivity contribution < 1.29 is 27.4 Å². The summed E-state index contributed by atoms with van der Waals surface area (Å²) >= 11 is 1.52. The Bertz CT molecular complexity index is 1150. The Hall–Kier alpha value is -2.21. The zero-order chi connectivity index (χ0) is 27.2. The fraction of sp³-hybridized carbons (Fsp3) is 0.615. The number of aromatic nitrogens is 1. The lowest BCUT2D eigenvalue weighted by atomic mass is 9.86. The minimum atomic E-state index is -3.83. The van der Waals surface area contributed by atoms with E-state index in [4.69, 9.17) is 14.2 Å². The van der Waals surface area contributed by atoms with Gasteiger partial charge in [0.1, 0.15) is 12.4 Å². The van der Waals surface area contributed by atoms with Gasteiger partial charge in [0.15, 0.2) is 0 Å². The van der Waals surface area contributed by atoms with Crippen molar-refractivity contribution in [2.75, 3.05) is 20.3 Å². The first-order valence-corrected chi connectivity index (χ1v) is 14.9. The average Bonchev–Trinajstić information content (AvgIpc) is 3.28. The Kier molecular flexibility index (Phi) is 9.96. The van der Waals surface area contributed by atoms with Crippen LogP contribution in [-0.2, 0) is 19.5 Å². The van der Waals surface area contributed by atoms with Crippen molar-refractivity contribution in [1.82, 2.24) is 15.0 Å². The molecule has 0 saturated heterocycles. The zero-order valence-electron chi connectivity index (χ0n) is 22.5. The van der Waals surface area contributed by atoms with Crippen LogP contribution in [-0.4, -0.2) is 57.5 Å². The van der Waals surface area contributed by atoms with Gasteiger partial charge in [-0.1, -0.05) is 0 Å². The molecule has 1 fully saturated rings. The molecule has 0 bridgehead atoms. The number of nitrogens with zero attached hydrogens (tertiary/aromatic N) is 1. The smallest absolute Gasteiger partial charge is 0.407 e. The van der Waals surface area contributed by atoms with Gasteiger partial charge in [0, 0.05) is 42.4 Å². The van der Waals surface area contributed by atoms with Crippen LogP contribution in [0.2, 0.25) is 0 Å². The molecule has 1 aromatic heterocycles. The van der Waals surface area contributed by atoms with Crippen LogP contribution >= 0.6 is 11.3 Å². The molecule has 1 aromatic carbocycles. The standard InChI is InChI=1S/C26H39N3O6S2/c1-17(2)35-25(30)28-19-9-7-18(8-10-19)24-27-16-22(36-24)21-12-11-20(34-14-13-33-6)15-23(21)37(31,32)29-26(3,4)5/h11-12,15-19,29H,7-10,13-14H2,1-6H3,(H,28,30)/t18-,19-. The summed E-state index contributed by atoms with van der Waals surface area (Å²) in [5, 5.41) is 3.93. The lowest BCUT2D eigenvalue weighted by Crippen LogP contribution is -2.40. The summed E-state index contributed by atoms with van der Waals surface area (Å²) in [4.78, 5) is 17.5. The molecule has 206 valence electrons. The summed E-state index contributed by atoms with van der Waals surface area (Å²) in [6.45, 7) is 9.80. The second-order valence-corrected chi connectivity index (χ2v) is 13.3. The first-order chi connectivity index (χ1) is 17.4. The van der Waals surface area contributed by atoms with E-state index in [0.717, 1.165) is 35.6 Å². The molecule has 0 unspecified atom stereocenters. The van der Waals surface area contributed by atoms with Crippen molar-refractivity contribution in [3.05, 3.63) is 29.4 Å². The molecule has 1 aliphatic carbocycles. The second kappa shape index (κ2) is 12.6. The molecule has 1 heterocycles. The molecule has 3 rings (SSSR count). The van der Waals surface area contributed by atoms with Crippen molar-refractivity contribution in [1.29, 1.82) is 0 Å². The topological polar surface area (TPSA) is 116 Å². The third-order valence-electron chi connectivity index (χ3n) is 5.77. The SMILES string of the molecule is COCCOc1ccc(-c2cnc([C@H]3CC[C@H](NC(=O)OC(C)C)CC3)s2)c(S(=O)(=O)NC(C)(C)C)c1. The third kappa shape index (κ3) is 8.66. The summed E-state index contributed by atoms with van der Waals surface area (Å²) < 4.78 is 45.4. The van der Waals surface area contributed by atoms with Crippen LogP contribution in [0.25, 0.3) is 10.4 Å². The van der Waals surface area contributed by atoms with E-state index in [1.54, 1.807) is 31.5 Å². The fourth-order valence-corrected chi connectivity index (χ4v) is 7.07. The highest BCUT2D eigenvalue weighted by atomic mass is 32.2. The van der Waals surface area contributed by atoms with Gasteiger partial charge in [-0.2, -0.15) is 0 Å². The van der Waals surface area contributed by atoms with E-state index in [-0.39, 0.29) is 29.1 Å². The Morgan fingerprint density at radius 2 is 1.86 bits per heavy atom. The maximum Gasteiger partial charge on any atom is 0.407 e. The monoisotopic (exact) mass is 553 g/mol. The Morgan fingerprint density at radius 1 is 1.16 bits per heavy atom. The number of rotatable bonds is 10. The van der Waals surface area contributed by atoms with Gasteiger partial charge in [-0.15, -0.1) is 11.3 Å². The summed E-state index contributed by atoms with van der Waals surface area (Å²) in [7, 11) is -2.24. The molecule has 0 radical (unpaired) electrons. The lowest BCUT2D eigenvalue weighted by Gasteiger charge is -2.28. The number of ether oxygens (including phenoxy) is 3. The van der Waals surface area contributed by atoms with Crippen LogP contribution in [0.5, 0.6) is 5.75 Å². The quantitative estimate of drug-likeness (QED) is 0.395. The van der Waals surface area contributed by atoms with E-state index in [9.17, 15) is 13.2 Å². The number of hydrogen-bond donors (Lipinski definition) is 2. The van der Waals surface area contributed by atoms with Crippen LogP contribution in [0.15, 0.2) is 29.3 Å². The van der Waals surface area contributed by atoms with Gasteiger partial charge >= 0.3 is 6.09 Å². The molecule has 0 aliphatic heterocycles. The number of amides is 1. The molecule has 1 saturated carbocycles. The van der Waals surface area contributed by atoms with E-state index >= 15 is 0 Å². The number of methoxy groups -OCH3 is 1. The molecule has 1 aliphatic rings. The van der Waals surface area contributed by atoms with Crippen molar-refractivity contribution >= 4 is 27.5 Å². The Morgan fingerprint density at radius 3 is 2.49 bits per heavy atom. The van der Waals surface area contributed by atoms with E-state index in [1.807, 2.05) is 34.6 Å². The van der Waals surface area contributed by atoms with Gasteiger partial charge in [-0.05, 0) is 72.4 Å². The average molecular weight is 554 g/mol. The highest BCUT2D eigenvalue weighted by Crippen LogP contribution is 2.40. The molecule has 9 nitrogen and oxygen atoms in total. The number of nitrogens with one attached hydrogen (secondary N) is 2. The summed E-state index contributed by atoms with van der Waals surface area (Å²) in [5.41, 5.74) is -0.0535. The van der Waals surface area contributed by atoms with Crippen LogP contribution in [0.4, 0.5) is 4.79 Å². The van der Waals surface area contributed by atoms with Gasteiger partial charge in [0.25, 0.3) is 0 Å². The van der Waals surface area contributed by atoms with Crippen molar-refractivity contribution in [2.24, 2.45) is 0 Å². The minimum Gasteiger partial charge on any atom is -0.491 e. The highest BCUT2D eigenvalue weighted by Gasteiger charge is 2.29. The molecule has 0 atom stereocenters. The van der Waals surface area contributed by atoms with E-state index in [2.05, 4.69) is 15.0 Å². The van der Waals surface area contributed by atoms with E-state index < -0.39 is 15.6 Å². The van der Waals surface area contributed by atoms with Gasteiger partial charge in [-0.3, -0.25) is 0 Å². The number of alkyl carbamates (subject to hydrolysis) is 1. The number of hydrogen-bond acceptors (Lipinski definition) is 8. The molecular formula is C26H39N3O6S2. The van der Waals surface area contributed by atoms with Gasteiger partial charge in [-0.25, -0.2) is 22.9 Å². The lowest BCUT2D eigenvalue weighted by molar-refractivity contribution is 0.109. The number of carbonyl (C=O) groups is 1. The zero-order valence-corrected chi connectivity index (χ0v) is 24.1. The van der Waals surface area contributed by atoms with E-state index in [1.165, 1.54) is 11.3 Å². The van der Waals surface area contributed by atoms with Crippen LogP contribution < -0.4 is 14.8 Å². The van der Waals surface area contributed by atoms with Crippen LogP contribution in [0.1, 0.15) is 71.2 Å². The Balaban J connectivity index is 1.79. The number of thiazole rings is 1. The van der Waals surface area contributed by atoms with Crippen molar-refractivity contribution in [3.8, 4) is 16.2 Å². The predicted octanol–water partition coefficient (Wildman–Crippen LogP) is 5.07. The van der Waals surface area contributed by atoms with Gasteiger partial charge < -0.3 is 19.5 Å². The molecule has 11 heteroatoms. The fourth-order valence-electron chi connectivity index (χ4n) is 4.22. The number of benzene rings is 1. The van der Waals surface area contributed by atoms with Gasteiger partial charge in [0.2, 0.25) is 10.0 Å². The summed E-state index contributed by atoms with van der Waals surface area (Å²) in [6.07, 6.45) is 4.70. The number of carbonyl (C=O) groups excluding carboxylic acids is 1. The minimum absolute atomic E-state index is 0.0906. The molecule has 2 aromatic rings. The number of sulfonamides is 1. The molecule has 0 spiro atoms. The second-order valence-electron chi connectivity index (χ2n) is 10.6. The molecule has 2 N–H and O–H groups in total. The van der Waals surface area contributed by atoms with Gasteiger partial charge in [0.05, 0.1) is 27.5 Å².